The van der Waals surface area contributed by atoms with Crippen molar-refractivity contribution in [3.63, 3.8) is 0 Å². The maximum absolute atomic E-state index is 13.8. The summed E-state index contributed by atoms with van der Waals surface area (Å²) in [6.07, 6.45) is 0.904. The average Bonchev–Trinajstić information content (AvgIpc) is 3.28. The van der Waals surface area contributed by atoms with Crippen LogP contribution in [0.4, 0.5) is 5.69 Å². The molecule has 3 aromatic carbocycles. The zero-order valence-corrected chi connectivity index (χ0v) is 22.4. The van der Waals surface area contributed by atoms with E-state index >= 15 is 0 Å². The fourth-order valence-electron chi connectivity index (χ4n) is 5.08. The van der Waals surface area contributed by atoms with E-state index in [-0.39, 0.29) is 29.8 Å². The molecule has 38 heavy (non-hydrogen) atoms. The fraction of sp³-hybridized carbons (Fsp3) is 0.250. The summed E-state index contributed by atoms with van der Waals surface area (Å²) in [7, 11) is 1.77. The number of halogens is 2. The van der Waals surface area contributed by atoms with Crippen LogP contribution in [0.25, 0.3) is 0 Å². The van der Waals surface area contributed by atoms with Gasteiger partial charge in [-0.05, 0) is 71.8 Å². The Morgan fingerprint density at radius 3 is 2.47 bits per heavy atom. The van der Waals surface area contributed by atoms with Crippen LogP contribution in [0, 0.1) is 0 Å². The molecule has 10 heteroatoms. The van der Waals surface area contributed by atoms with Crippen LogP contribution >= 0.6 is 23.2 Å². The quantitative estimate of drug-likeness (QED) is 0.375. The number of amides is 2. The second-order valence-electron chi connectivity index (χ2n) is 9.42. The molecule has 3 atom stereocenters. The molecule has 0 bridgehead atoms. The zero-order chi connectivity index (χ0) is 26.8. The molecule has 0 saturated heterocycles. The first kappa shape index (κ1) is 25.9. The van der Waals surface area contributed by atoms with Gasteiger partial charge in [0, 0.05) is 47.7 Å². The summed E-state index contributed by atoms with van der Waals surface area (Å²) in [4.78, 5) is 29.1. The Balaban J connectivity index is 1.61. The molecule has 0 spiro atoms. The minimum absolute atomic E-state index is 0.126. The van der Waals surface area contributed by atoms with Crippen molar-refractivity contribution in [2.75, 3.05) is 4.90 Å². The van der Waals surface area contributed by atoms with Gasteiger partial charge in [-0.3, -0.25) is 9.59 Å². The molecule has 1 N–H and O–H groups in total. The number of rotatable bonds is 5. The van der Waals surface area contributed by atoms with E-state index < -0.39 is 0 Å². The standard InChI is InChI=1S/C28H26Cl2N6O2/c1-17-14-24(31-27(37)20-10-6-7-11-23(20)30)21(16-26-32-33-34-35(26)2)22-15-19(29)12-13-25(22)36(17)28(38)18-8-4-3-5-9-18/h3-13,15,17,21,24H,14,16H2,1-2H3,(H,31,37). The number of carbonyl (C=O) groups excluding carboxylic acids is 2. The van der Waals surface area contributed by atoms with Crippen LogP contribution < -0.4 is 10.2 Å². The number of nitrogens with one attached hydrogen (secondary N) is 1. The molecule has 194 valence electrons. The normalized spacial score (nSPS) is 18.9. The number of hydrogen-bond acceptors (Lipinski definition) is 5. The topological polar surface area (TPSA) is 93.0 Å². The van der Waals surface area contributed by atoms with Crippen molar-refractivity contribution in [3.05, 3.63) is 105 Å². The zero-order valence-electron chi connectivity index (χ0n) is 20.9. The second kappa shape index (κ2) is 10.9. The lowest BCUT2D eigenvalue weighted by Crippen LogP contribution is -2.44. The molecule has 0 aliphatic carbocycles. The van der Waals surface area contributed by atoms with Gasteiger partial charge in [0.15, 0.2) is 5.82 Å². The van der Waals surface area contributed by atoms with Crippen molar-refractivity contribution < 1.29 is 9.59 Å². The molecule has 1 aliphatic heterocycles. The molecule has 0 radical (unpaired) electrons. The summed E-state index contributed by atoms with van der Waals surface area (Å²) >= 11 is 12.8. The van der Waals surface area contributed by atoms with E-state index in [9.17, 15) is 9.59 Å². The summed E-state index contributed by atoms with van der Waals surface area (Å²) in [5.41, 5.74) is 2.53. The van der Waals surface area contributed by atoms with Crippen LogP contribution in [0.3, 0.4) is 0 Å². The lowest BCUT2D eigenvalue weighted by atomic mass is 9.85. The third-order valence-electron chi connectivity index (χ3n) is 6.95. The number of tetrazole rings is 1. The average molecular weight is 549 g/mol. The van der Waals surface area contributed by atoms with Crippen LogP contribution in [0.5, 0.6) is 0 Å². The Bertz CT molecular complexity index is 1480. The summed E-state index contributed by atoms with van der Waals surface area (Å²) in [5.74, 6) is -0.0524. The Labute approximate surface area is 230 Å². The van der Waals surface area contributed by atoms with Gasteiger partial charge in [-0.25, -0.2) is 4.68 Å². The van der Waals surface area contributed by atoms with Crippen LogP contribution in [0.15, 0.2) is 72.8 Å². The lowest BCUT2D eigenvalue weighted by molar-refractivity contribution is 0.0926. The molecule has 1 aliphatic rings. The molecule has 5 rings (SSSR count). The lowest BCUT2D eigenvalue weighted by Gasteiger charge is -2.30. The first-order valence-corrected chi connectivity index (χ1v) is 13.0. The van der Waals surface area contributed by atoms with Crippen LogP contribution in [0.2, 0.25) is 10.0 Å². The summed E-state index contributed by atoms with van der Waals surface area (Å²) in [6.45, 7) is 1.99. The Morgan fingerprint density at radius 2 is 1.76 bits per heavy atom. The first-order chi connectivity index (χ1) is 18.3. The highest BCUT2D eigenvalue weighted by Crippen LogP contribution is 2.41. The third kappa shape index (κ3) is 5.14. The molecule has 2 heterocycles. The summed E-state index contributed by atoms with van der Waals surface area (Å²) in [5, 5.41) is 16.1. The highest BCUT2D eigenvalue weighted by Gasteiger charge is 2.38. The number of benzene rings is 3. The number of aryl methyl sites for hydroxylation is 1. The third-order valence-corrected chi connectivity index (χ3v) is 7.52. The van der Waals surface area contributed by atoms with Gasteiger partial charge in [-0.2, -0.15) is 0 Å². The van der Waals surface area contributed by atoms with Gasteiger partial charge in [0.1, 0.15) is 0 Å². The van der Waals surface area contributed by atoms with Crippen molar-refractivity contribution in [1.29, 1.82) is 0 Å². The highest BCUT2D eigenvalue weighted by atomic mass is 35.5. The van der Waals surface area contributed by atoms with E-state index in [0.717, 1.165) is 11.3 Å². The monoisotopic (exact) mass is 548 g/mol. The van der Waals surface area contributed by atoms with Gasteiger partial charge in [-0.15, -0.1) is 5.10 Å². The number of aromatic nitrogens is 4. The maximum atomic E-state index is 13.8. The number of nitrogens with zero attached hydrogens (tertiary/aromatic N) is 5. The van der Waals surface area contributed by atoms with E-state index in [1.54, 1.807) is 59.1 Å². The molecule has 8 nitrogen and oxygen atoms in total. The molecule has 0 saturated carbocycles. The predicted octanol–water partition coefficient (Wildman–Crippen LogP) is 5.08. The fourth-order valence-corrected chi connectivity index (χ4v) is 5.49. The van der Waals surface area contributed by atoms with Gasteiger partial charge < -0.3 is 10.2 Å². The number of anilines is 1. The predicted molar refractivity (Wildman–Crippen MR) is 147 cm³/mol. The van der Waals surface area contributed by atoms with Gasteiger partial charge in [0.2, 0.25) is 0 Å². The minimum Gasteiger partial charge on any atom is -0.349 e. The largest absolute Gasteiger partial charge is 0.349 e. The van der Waals surface area contributed by atoms with Crippen molar-refractivity contribution in [1.82, 2.24) is 25.5 Å². The first-order valence-electron chi connectivity index (χ1n) is 12.3. The van der Waals surface area contributed by atoms with Crippen molar-refractivity contribution in [3.8, 4) is 0 Å². The van der Waals surface area contributed by atoms with Gasteiger partial charge >= 0.3 is 0 Å². The molecule has 4 aromatic rings. The second-order valence-corrected chi connectivity index (χ2v) is 10.3. The Morgan fingerprint density at radius 1 is 1.03 bits per heavy atom. The van der Waals surface area contributed by atoms with Crippen molar-refractivity contribution >= 4 is 40.7 Å². The van der Waals surface area contributed by atoms with E-state index in [1.165, 1.54) is 0 Å². The molecular formula is C28H26Cl2N6O2. The van der Waals surface area contributed by atoms with Crippen molar-refractivity contribution in [2.24, 2.45) is 7.05 Å². The van der Waals surface area contributed by atoms with Crippen LogP contribution in [-0.4, -0.2) is 44.1 Å². The van der Waals surface area contributed by atoms with E-state index in [2.05, 4.69) is 20.8 Å². The van der Waals surface area contributed by atoms with Crippen LogP contribution in [0.1, 0.15) is 51.4 Å². The van der Waals surface area contributed by atoms with E-state index in [4.69, 9.17) is 23.2 Å². The van der Waals surface area contributed by atoms with E-state index in [0.29, 0.717) is 39.8 Å². The van der Waals surface area contributed by atoms with E-state index in [1.807, 2.05) is 37.3 Å². The van der Waals surface area contributed by atoms with Crippen LogP contribution in [-0.2, 0) is 13.5 Å². The van der Waals surface area contributed by atoms with Crippen molar-refractivity contribution in [2.45, 2.75) is 37.8 Å². The maximum Gasteiger partial charge on any atom is 0.258 e. The molecule has 2 amide bonds. The van der Waals surface area contributed by atoms with Gasteiger partial charge in [-0.1, -0.05) is 53.5 Å². The number of hydrogen-bond donors (Lipinski definition) is 1. The molecule has 3 unspecified atom stereocenters. The van der Waals surface area contributed by atoms with Gasteiger partial charge in [0.05, 0.1) is 10.6 Å². The molecular weight excluding hydrogens is 523 g/mol. The Hall–Kier alpha value is -3.75. The number of carbonyl (C=O) groups is 2. The highest BCUT2D eigenvalue weighted by molar-refractivity contribution is 6.33. The summed E-state index contributed by atoms with van der Waals surface area (Å²) in [6, 6.07) is 21.0. The minimum atomic E-state index is -0.378. The van der Waals surface area contributed by atoms with Gasteiger partial charge in [0.25, 0.3) is 11.8 Å². The SMILES string of the molecule is CC1CC(NC(=O)c2ccccc2Cl)C(Cc2nnnn2C)c2cc(Cl)ccc2N1C(=O)c1ccccc1. The molecule has 1 aromatic heterocycles. The smallest absolute Gasteiger partial charge is 0.258 e. The summed E-state index contributed by atoms with van der Waals surface area (Å²) < 4.78 is 1.61. The molecule has 0 fully saturated rings. The number of fused-ring (bicyclic) bond motifs is 1. The Kier molecular flexibility index (Phi) is 7.44.